The average Bonchev–Trinajstić information content (AvgIpc) is 2.98. The zero-order chi connectivity index (χ0) is 19.6. The van der Waals surface area contributed by atoms with Gasteiger partial charge in [0.05, 0.1) is 17.9 Å². The summed E-state index contributed by atoms with van der Waals surface area (Å²) in [6.45, 7) is 3.87. The summed E-state index contributed by atoms with van der Waals surface area (Å²) in [7, 11) is 0. The number of aromatic carboxylic acids is 1. The highest BCUT2D eigenvalue weighted by molar-refractivity contribution is 5.95. The van der Waals surface area contributed by atoms with E-state index in [2.05, 4.69) is 10.3 Å². The number of aryl methyl sites for hydroxylation is 1. The van der Waals surface area contributed by atoms with Gasteiger partial charge in [0.25, 0.3) is 5.91 Å². The number of amides is 1. The van der Waals surface area contributed by atoms with Gasteiger partial charge in [-0.1, -0.05) is 0 Å². The second-order valence-corrected chi connectivity index (χ2v) is 5.84. The van der Waals surface area contributed by atoms with Gasteiger partial charge >= 0.3 is 5.97 Å². The molecule has 1 amide bonds. The number of pyridine rings is 1. The molecule has 27 heavy (non-hydrogen) atoms. The lowest BCUT2D eigenvalue weighted by molar-refractivity contribution is 0.0696. The zero-order valence-corrected chi connectivity index (χ0v) is 14.8. The molecule has 140 valence electrons. The molecule has 2 N–H and O–H groups in total. The summed E-state index contributed by atoms with van der Waals surface area (Å²) >= 11 is 0. The molecular weight excluding hydrogens is 353 g/mol. The van der Waals surface area contributed by atoms with Crippen LogP contribution in [0, 0.1) is 12.7 Å². The summed E-state index contributed by atoms with van der Waals surface area (Å²) in [4.78, 5) is 28.1. The lowest BCUT2D eigenvalue weighted by Crippen LogP contribution is -2.25. The SMILES string of the molecule is CCOc1cccn2c(C(=O)NCc3cc(C(=O)O)ccc3F)c(C)nc12. The lowest BCUT2D eigenvalue weighted by Gasteiger charge is -2.09. The summed E-state index contributed by atoms with van der Waals surface area (Å²) in [6.07, 6.45) is 1.69. The molecule has 0 aliphatic carbocycles. The van der Waals surface area contributed by atoms with Crippen LogP contribution in [0.15, 0.2) is 36.5 Å². The molecule has 1 aromatic carbocycles. The second kappa shape index (κ2) is 7.45. The van der Waals surface area contributed by atoms with E-state index < -0.39 is 17.7 Å². The first-order chi connectivity index (χ1) is 12.9. The first-order valence-corrected chi connectivity index (χ1v) is 8.32. The predicted molar refractivity (Wildman–Crippen MR) is 95.6 cm³/mol. The van der Waals surface area contributed by atoms with Crippen molar-refractivity contribution in [3.63, 3.8) is 0 Å². The number of ether oxygens (including phenoxy) is 1. The molecular formula is C19H18FN3O4. The number of carbonyl (C=O) groups excluding carboxylic acids is 1. The Kier molecular flexibility index (Phi) is 5.07. The molecule has 0 radical (unpaired) electrons. The molecule has 3 aromatic rings. The van der Waals surface area contributed by atoms with Crippen molar-refractivity contribution in [3.8, 4) is 5.75 Å². The normalized spacial score (nSPS) is 10.8. The highest BCUT2D eigenvalue weighted by Crippen LogP contribution is 2.22. The summed E-state index contributed by atoms with van der Waals surface area (Å²) < 4.78 is 21.1. The van der Waals surface area contributed by atoms with Gasteiger partial charge in [0.2, 0.25) is 0 Å². The van der Waals surface area contributed by atoms with Gasteiger partial charge in [-0.25, -0.2) is 14.2 Å². The third-order valence-corrected chi connectivity index (χ3v) is 4.04. The Morgan fingerprint density at radius 3 is 2.81 bits per heavy atom. The van der Waals surface area contributed by atoms with Crippen LogP contribution in [0.1, 0.15) is 39.0 Å². The minimum atomic E-state index is -1.16. The van der Waals surface area contributed by atoms with Crippen LogP contribution in [-0.4, -0.2) is 33.0 Å². The monoisotopic (exact) mass is 371 g/mol. The number of fused-ring (bicyclic) bond motifs is 1. The molecule has 0 saturated carbocycles. The van der Waals surface area contributed by atoms with Gasteiger partial charge in [0, 0.05) is 18.3 Å². The highest BCUT2D eigenvalue weighted by Gasteiger charge is 2.19. The van der Waals surface area contributed by atoms with E-state index in [1.807, 2.05) is 6.92 Å². The van der Waals surface area contributed by atoms with Crippen molar-refractivity contribution in [2.24, 2.45) is 0 Å². The number of imidazole rings is 1. The fourth-order valence-electron chi connectivity index (χ4n) is 2.80. The lowest BCUT2D eigenvalue weighted by atomic mass is 10.1. The van der Waals surface area contributed by atoms with E-state index in [9.17, 15) is 14.0 Å². The van der Waals surface area contributed by atoms with Crippen LogP contribution >= 0.6 is 0 Å². The number of hydrogen-bond acceptors (Lipinski definition) is 4. The molecule has 0 saturated heterocycles. The van der Waals surface area contributed by atoms with E-state index in [0.717, 1.165) is 6.07 Å². The minimum Gasteiger partial charge on any atom is -0.490 e. The van der Waals surface area contributed by atoms with Crippen LogP contribution in [0.4, 0.5) is 4.39 Å². The van der Waals surface area contributed by atoms with E-state index in [1.54, 1.807) is 29.7 Å². The number of nitrogens with zero attached hydrogens (tertiary/aromatic N) is 2. The number of halogens is 1. The number of nitrogens with one attached hydrogen (secondary N) is 1. The Morgan fingerprint density at radius 2 is 2.11 bits per heavy atom. The quantitative estimate of drug-likeness (QED) is 0.695. The van der Waals surface area contributed by atoms with E-state index in [-0.39, 0.29) is 17.7 Å². The number of carbonyl (C=O) groups is 2. The van der Waals surface area contributed by atoms with Crippen molar-refractivity contribution in [2.75, 3.05) is 6.61 Å². The summed E-state index contributed by atoms with van der Waals surface area (Å²) in [5.74, 6) is -1.64. The third-order valence-electron chi connectivity index (χ3n) is 4.04. The van der Waals surface area contributed by atoms with Crippen LogP contribution < -0.4 is 10.1 Å². The standard InChI is InChI=1S/C19H18FN3O4/c1-3-27-15-5-4-8-23-16(11(2)22-17(15)23)18(24)21-10-13-9-12(19(25)26)6-7-14(13)20/h4-9H,3,10H2,1-2H3,(H,21,24)(H,25,26). The van der Waals surface area contributed by atoms with Crippen LogP contribution in [0.25, 0.3) is 5.65 Å². The first kappa shape index (κ1) is 18.4. The Morgan fingerprint density at radius 1 is 1.33 bits per heavy atom. The molecule has 0 fully saturated rings. The van der Waals surface area contributed by atoms with Gasteiger partial charge < -0.3 is 15.2 Å². The smallest absolute Gasteiger partial charge is 0.335 e. The van der Waals surface area contributed by atoms with E-state index in [4.69, 9.17) is 9.84 Å². The molecule has 0 spiro atoms. The maximum Gasteiger partial charge on any atom is 0.335 e. The molecule has 0 atom stereocenters. The van der Waals surface area contributed by atoms with E-state index in [0.29, 0.717) is 29.4 Å². The molecule has 2 aromatic heterocycles. The largest absolute Gasteiger partial charge is 0.490 e. The highest BCUT2D eigenvalue weighted by atomic mass is 19.1. The number of aromatic nitrogens is 2. The minimum absolute atomic E-state index is 0.0482. The molecule has 0 bridgehead atoms. The van der Waals surface area contributed by atoms with Crippen LogP contribution in [0.3, 0.4) is 0 Å². The number of hydrogen-bond donors (Lipinski definition) is 2. The molecule has 3 rings (SSSR count). The molecule has 2 heterocycles. The Labute approximate surface area is 154 Å². The van der Waals surface area contributed by atoms with Crippen molar-refractivity contribution in [3.05, 3.63) is 64.9 Å². The van der Waals surface area contributed by atoms with Crippen LogP contribution in [0.2, 0.25) is 0 Å². The molecule has 0 unspecified atom stereocenters. The molecule has 0 aliphatic heterocycles. The first-order valence-electron chi connectivity index (χ1n) is 8.32. The number of carboxylic acids is 1. The summed E-state index contributed by atoms with van der Waals surface area (Å²) in [5, 5.41) is 11.6. The van der Waals surface area contributed by atoms with Crippen molar-refractivity contribution in [1.82, 2.24) is 14.7 Å². The maximum absolute atomic E-state index is 13.9. The van der Waals surface area contributed by atoms with Gasteiger partial charge in [0.1, 0.15) is 11.5 Å². The van der Waals surface area contributed by atoms with Gasteiger partial charge in [-0.15, -0.1) is 0 Å². The Hall–Kier alpha value is -3.42. The number of benzene rings is 1. The molecule has 8 heteroatoms. The topological polar surface area (TPSA) is 92.9 Å². The van der Waals surface area contributed by atoms with Crippen molar-refractivity contribution < 1.29 is 23.8 Å². The van der Waals surface area contributed by atoms with Gasteiger partial charge in [-0.3, -0.25) is 9.20 Å². The zero-order valence-electron chi connectivity index (χ0n) is 14.8. The fourth-order valence-corrected chi connectivity index (χ4v) is 2.80. The molecule has 7 nitrogen and oxygen atoms in total. The van der Waals surface area contributed by atoms with Crippen LogP contribution in [0.5, 0.6) is 5.75 Å². The van der Waals surface area contributed by atoms with Crippen molar-refractivity contribution in [2.45, 2.75) is 20.4 Å². The van der Waals surface area contributed by atoms with Crippen molar-refractivity contribution in [1.29, 1.82) is 0 Å². The van der Waals surface area contributed by atoms with Gasteiger partial charge in [-0.05, 0) is 44.2 Å². The fraction of sp³-hybridized carbons (Fsp3) is 0.211. The predicted octanol–water partition coefficient (Wildman–Crippen LogP) is 2.81. The summed E-state index contributed by atoms with van der Waals surface area (Å²) in [6, 6.07) is 6.95. The van der Waals surface area contributed by atoms with Gasteiger partial charge in [0.15, 0.2) is 11.4 Å². The number of rotatable bonds is 6. The van der Waals surface area contributed by atoms with Crippen molar-refractivity contribution >= 4 is 17.5 Å². The Bertz CT molecular complexity index is 1030. The average molecular weight is 371 g/mol. The number of carboxylic acid groups (broad SMARTS) is 1. The van der Waals surface area contributed by atoms with E-state index in [1.165, 1.54) is 12.1 Å². The maximum atomic E-state index is 13.9. The molecule has 0 aliphatic rings. The third kappa shape index (κ3) is 3.59. The van der Waals surface area contributed by atoms with Crippen LogP contribution in [-0.2, 0) is 6.54 Å². The Balaban J connectivity index is 1.87. The van der Waals surface area contributed by atoms with E-state index >= 15 is 0 Å². The summed E-state index contributed by atoms with van der Waals surface area (Å²) in [5.41, 5.74) is 1.36. The van der Waals surface area contributed by atoms with Gasteiger partial charge in [-0.2, -0.15) is 0 Å². The second-order valence-electron chi connectivity index (χ2n) is 5.84.